The largest absolute Gasteiger partial charge is 0.339 e. The fourth-order valence-corrected chi connectivity index (χ4v) is 5.36. The van der Waals surface area contributed by atoms with Crippen molar-refractivity contribution < 1.29 is 9.59 Å². The Labute approximate surface area is 206 Å². The van der Waals surface area contributed by atoms with Crippen molar-refractivity contribution in [3.8, 4) is 0 Å². The van der Waals surface area contributed by atoms with Crippen LogP contribution in [0.15, 0.2) is 70.8 Å². The number of H-pyrrole nitrogens is 1. The molecule has 2 aromatic carbocycles. The molecule has 1 saturated heterocycles. The summed E-state index contributed by atoms with van der Waals surface area (Å²) in [4.78, 5) is 48.3. The molecule has 1 aliphatic rings. The Kier molecular flexibility index (Phi) is 6.33. The van der Waals surface area contributed by atoms with Gasteiger partial charge in [-0.15, -0.1) is 11.3 Å². The Hall–Kier alpha value is -3.98. The number of benzene rings is 2. The van der Waals surface area contributed by atoms with Crippen LogP contribution >= 0.6 is 11.3 Å². The number of imidazole rings is 1. The van der Waals surface area contributed by atoms with Crippen LogP contribution in [0, 0.1) is 0 Å². The van der Waals surface area contributed by atoms with Crippen LogP contribution in [-0.4, -0.2) is 44.3 Å². The Bertz CT molecular complexity index is 1440. The Morgan fingerprint density at radius 1 is 1.09 bits per heavy atom. The lowest BCUT2D eigenvalue weighted by molar-refractivity contribution is -0.127. The number of carbonyl (C=O) groups excluding carboxylic acids is 2. The van der Waals surface area contributed by atoms with Gasteiger partial charge in [0.15, 0.2) is 5.13 Å². The van der Waals surface area contributed by atoms with Gasteiger partial charge >= 0.3 is 5.69 Å². The first-order valence-electron chi connectivity index (χ1n) is 11.5. The molecule has 0 aliphatic carbocycles. The number of likely N-dealkylation sites (tertiary alicyclic amines) is 1. The van der Waals surface area contributed by atoms with E-state index in [1.54, 1.807) is 15.9 Å². The van der Waals surface area contributed by atoms with E-state index in [0.717, 1.165) is 16.7 Å². The molecule has 1 fully saturated rings. The Morgan fingerprint density at radius 3 is 2.54 bits per heavy atom. The summed E-state index contributed by atoms with van der Waals surface area (Å²) in [5.41, 5.74) is 3.00. The highest BCUT2D eigenvalue weighted by molar-refractivity contribution is 7.14. The molecule has 35 heavy (non-hydrogen) atoms. The zero-order valence-corrected chi connectivity index (χ0v) is 20.1. The van der Waals surface area contributed by atoms with E-state index in [0.29, 0.717) is 36.8 Å². The van der Waals surface area contributed by atoms with E-state index in [-0.39, 0.29) is 23.5 Å². The Balaban J connectivity index is 1.23. The second kappa shape index (κ2) is 9.71. The van der Waals surface area contributed by atoms with Crippen LogP contribution in [0.5, 0.6) is 0 Å². The number of para-hydroxylation sites is 3. The van der Waals surface area contributed by atoms with Crippen molar-refractivity contribution in [1.82, 2.24) is 19.4 Å². The molecule has 1 aliphatic heterocycles. The lowest BCUT2D eigenvalue weighted by Crippen LogP contribution is -2.39. The molecule has 0 spiro atoms. The molecule has 2 amide bonds. The van der Waals surface area contributed by atoms with Gasteiger partial charge in [-0.2, -0.15) is 0 Å². The lowest BCUT2D eigenvalue weighted by Gasteiger charge is -2.31. The van der Waals surface area contributed by atoms with E-state index in [1.807, 2.05) is 64.5 Å². The molecule has 5 rings (SSSR count). The molecule has 2 aromatic heterocycles. The van der Waals surface area contributed by atoms with Gasteiger partial charge in [-0.1, -0.05) is 30.3 Å². The number of thiazole rings is 1. The third-order valence-corrected chi connectivity index (χ3v) is 7.04. The quantitative estimate of drug-likeness (QED) is 0.424. The average molecular weight is 488 g/mol. The van der Waals surface area contributed by atoms with Gasteiger partial charge in [-0.05, 0) is 43.2 Å². The maximum atomic E-state index is 12.8. The molecule has 1 N–H and O–H groups in total. The minimum absolute atomic E-state index is 0.0586. The molecule has 0 atom stereocenters. The highest BCUT2D eigenvalue weighted by Crippen LogP contribution is 2.29. The molecule has 0 saturated carbocycles. The number of hydrogen-bond acceptors (Lipinski definition) is 5. The summed E-state index contributed by atoms with van der Waals surface area (Å²) in [7, 11) is 0. The maximum Gasteiger partial charge on any atom is 0.326 e. The van der Waals surface area contributed by atoms with Crippen molar-refractivity contribution in [1.29, 1.82) is 0 Å². The zero-order valence-electron chi connectivity index (χ0n) is 19.3. The molecule has 8 nitrogen and oxygen atoms in total. The molecular weight excluding hydrogens is 462 g/mol. The summed E-state index contributed by atoms with van der Waals surface area (Å²) in [5.74, 6) is -0.218. The third kappa shape index (κ3) is 4.67. The smallest absolute Gasteiger partial charge is 0.326 e. The molecule has 4 aromatic rings. The normalized spacial score (nSPS) is 14.6. The minimum atomic E-state index is -0.130. The van der Waals surface area contributed by atoms with Gasteiger partial charge in [0.05, 0.1) is 22.4 Å². The monoisotopic (exact) mass is 487 g/mol. The van der Waals surface area contributed by atoms with Crippen LogP contribution < -0.4 is 10.6 Å². The van der Waals surface area contributed by atoms with Gasteiger partial charge < -0.3 is 9.88 Å². The van der Waals surface area contributed by atoms with E-state index >= 15 is 0 Å². The summed E-state index contributed by atoms with van der Waals surface area (Å²) >= 11 is 1.35. The number of piperidine rings is 1. The Morgan fingerprint density at radius 2 is 1.80 bits per heavy atom. The number of rotatable bonds is 5. The number of anilines is 2. The van der Waals surface area contributed by atoms with Gasteiger partial charge in [0, 0.05) is 37.5 Å². The molecular formula is C26H25N5O3S. The number of fused-ring (bicyclic) bond motifs is 1. The zero-order chi connectivity index (χ0) is 24.4. The van der Waals surface area contributed by atoms with Gasteiger partial charge in [0.1, 0.15) is 0 Å². The van der Waals surface area contributed by atoms with Crippen LogP contribution in [0.2, 0.25) is 0 Å². The van der Waals surface area contributed by atoms with Gasteiger partial charge in [0.25, 0.3) is 0 Å². The second-order valence-corrected chi connectivity index (χ2v) is 9.29. The highest BCUT2D eigenvalue weighted by atomic mass is 32.1. The van der Waals surface area contributed by atoms with E-state index in [2.05, 4.69) is 9.97 Å². The average Bonchev–Trinajstić information content (AvgIpc) is 3.46. The first kappa shape index (κ1) is 22.8. The van der Waals surface area contributed by atoms with Crippen LogP contribution in [0.4, 0.5) is 10.8 Å². The predicted octanol–water partition coefficient (Wildman–Crippen LogP) is 4.35. The standard InChI is InChI=1S/C26H25N5O3S/c1-18(32)30(20-7-3-2-4-8-20)26-27-19(17-35-26)11-12-24(33)29-15-13-21(14-16-29)31-23-10-6-5-9-22(23)28-25(31)34/h2-12,17,21H,13-16H2,1H3,(H,28,34)/b12-11+. The van der Waals surface area contributed by atoms with E-state index < -0.39 is 0 Å². The maximum absolute atomic E-state index is 12.8. The van der Waals surface area contributed by atoms with E-state index in [9.17, 15) is 14.4 Å². The van der Waals surface area contributed by atoms with Crippen LogP contribution in [0.3, 0.4) is 0 Å². The van der Waals surface area contributed by atoms with Gasteiger partial charge in [-0.3, -0.25) is 19.1 Å². The number of aromatic amines is 1. The van der Waals surface area contributed by atoms with Crippen molar-refractivity contribution >= 4 is 51.1 Å². The second-order valence-electron chi connectivity index (χ2n) is 8.45. The first-order valence-corrected chi connectivity index (χ1v) is 12.4. The predicted molar refractivity (Wildman–Crippen MR) is 138 cm³/mol. The van der Waals surface area contributed by atoms with Gasteiger partial charge in [-0.25, -0.2) is 9.78 Å². The van der Waals surface area contributed by atoms with Crippen molar-refractivity contribution in [2.75, 3.05) is 18.0 Å². The number of carbonyl (C=O) groups is 2. The summed E-state index contributed by atoms with van der Waals surface area (Å²) in [6, 6.07) is 17.1. The SMILES string of the molecule is CC(=O)N(c1ccccc1)c1nc(/C=C/C(=O)N2CCC(n3c(=O)[nH]c4ccccc43)CC2)cs1. The summed E-state index contributed by atoms with van der Waals surface area (Å²) in [6.07, 6.45) is 4.64. The third-order valence-electron chi connectivity index (χ3n) is 6.19. The van der Waals surface area contributed by atoms with Crippen molar-refractivity contribution in [3.05, 3.63) is 82.2 Å². The van der Waals surface area contributed by atoms with Crippen LogP contribution in [0.25, 0.3) is 17.1 Å². The number of nitrogens with zero attached hydrogens (tertiary/aromatic N) is 4. The summed E-state index contributed by atoms with van der Waals surface area (Å²) in [6.45, 7) is 2.66. The summed E-state index contributed by atoms with van der Waals surface area (Å²) in [5, 5.41) is 2.38. The summed E-state index contributed by atoms with van der Waals surface area (Å²) < 4.78 is 1.82. The number of aromatic nitrogens is 3. The topological polar surface area (TPSA) is 91.3 Å². The highest BCUT2D eigenvalue weighted by Gasteiger charge is 2.25. The fraction of sp³-hybridized carbons (Fsp3) is 0.231. The molecule has 0 unspecified atom stereocenters. The fourth-order valence-electron chi connectivity index (χ4n) is 4.50. The van der Waals surface area contributed by atoms with E-state index in [1.165, 1.54) is 24.3 Å². The molecule has 3 heterocycles. The lowest BCUT2D eigenvalue weighted by atomic mass is 10.0. The molecule has 0 radical (unpaired) electrons. The van der Waals surface area contributed by atoms with Crippen molar-refractivity contribution in [2.24, 2.45) is 0 Å². The van der Waals surface area contributed by atoms with E-state index in [4.69, 9.17) is 0 Å². The van der Waals surface area contributed by atoms with Crippen molar-refractivity contribution in [2.45, 2.75) is 25.8 Å². The number of hydrogen-bond donors (Lipinski definition) is 1. The van der Waals surface area contributed by atoms with Crippen LogP contribution in [0.1, 0.15) is 31.5 Å². The number of nitrogens with one attached hydrogen (secondary N) is 1. The minimum Gasteiger partial charge on any atom is -0.339 e. The molecule has 178 valence electrons. The van der Waals surface area contributed by atoms with Crippen molar-refractivity contribution in [3.63, 3.8) is 0 Å². The first-order chi connectivity index (χ1) is 17.0. The molecule has 0 bridgehead atoms. The van der Waals surface area contributed by atoms with Crippen LogP contribution in [-0.2, 0) is 9.59 Å². The molecule has 9 heteroatoms. The number of amides is 2. The van der Waals surface area contributed by atoms with Gasteiger partial charge in [0.2, 0.25) is 11.8 Å².